The van der Waals surface area contributed by atoms with E-state index in [4.69, 9.17) is 5.73 Å². The molecular weight excluding hydrogens is 362 g/mol. The van der Waals surface area contributed by atoms with E-state index in [0.29, 0.717) is 24.7 Å². The summed E-state index contributed by atoms with van der Waals surface area (Å²) in [5.74, 6) is 0.0646. The van der Waals surface area contributed by atoms with Crippen LogP contribution in [-0.2, 0) is 11.0 Å². The van der Waals surface area contributed by atoms with E-state index in [0.717, 1.165) is 18.9 Å². The second-order valence-corrected chi connectivity index (χ2v) is 7.97. The van der Waals surface area contributed by atoms with Gasteiger partial charge in [-0.2, -0.15) is 13.2 Å². The molecule has 8 heteroatoms. The molecule has 3 aliphatic rings. The molecule has 5 atom stereocenters. The fraction of sp³-hybridized carbons (Fsp3) is 0.632. The average Bonchev–Trinajstić information content (AvgIpc) is 3.27. The van der Waals surface area contributed by atoms with Crippen molar-refractivity contribution >= 4 is 11.6 Å². The van der Waals surface area contributed by atoms with Gasteiger partial charge in [0.15, 0.2) is 0 Å². The first-order valence-corrected chi connectivity index (χ1v) is 9.35. The number of rotatable bonds is 3. The van der Waals surface area contributed by atoms with Crippen molar-refractivity contribution in [3.05, 3.63) is 29.8 Å². The van der Waals surface area contributed by atoms with Crippen LogP contribution < -0.4 is 10.6 Å². The summed E-state index contributed by atoms with van der Waals surface area (Å²) in [4.78, 5) is 15.6. The number of fused-ring (bicyclic) bond motifs is 1. The van der Waals surface area contributed by atoms with Crippen molar-refractivity contribution in [2.75, 3.05) is 24.5 Å². The average molecular weight is 385 g/mol. The Balaban J connectivity index is 1.51. The SMILES string of the molecule is NC(=O)[C@@H]1C[C@H](F)CN1[C@H]1CC[C@@H]2CN(c3cccc(C(F)(F)F)c3)C[C@@H]21. The summed E-state index contributed by atoms with van der Waals surface area (Å²) >= 11 is 0. The van der Waals surface area contributed by atoms with Crippen molar-refractivity contribution in [3.8, 4) is 0 Å². The maximum Gasteiger partial charge on any atom is 0.416 e. The number of nitrogens with zero attached hydrogens (tertiary/aromatic N) is 2. The van der Waals surface area contributed by atoms with Gasteiger partial charge in [-0.3, -0.25) is 9.69 Å². The third kappa shape index (κ3) is 3.39. The van der Waals surface area contributed by atoms with Gasteiger partial charge < -0.3 is 10.6 Å². The molecule has 2 N–H and O–H groups in total. The van der Waals surface area contributed by atoms with E-state index in [1.165, 1.54) is 12.1 Å². The molecule has 1 amide bonds. The van der Waals surface area contributed by atoms with Crippen molar-refractivity contribution < 1.29 is 22.4 Å². The summed E-state index contributed by atoms with van der Waals surface area (Å²) < 4.78 is 52.9. The van der Waals surface area contributed by atoms with Crippen LogP contribution in [0.15, 0.2) is 24.3 Å². The third-order valence-electron chi connectivity index (χ3n) is 6.40. The summed E-state index contributed by atoms with van der Waals surface area (Å²) in [5.41, 5.74) is 5.38. The molecule has 0 aromatic heterocycles. The number of hydrogen-bond acceptors (Lipinski definition) is 3. The number of carbonyl (C=O) groups is 1. The van der Waals surface area contributed by atoms with Gasteiger partial charge in [-0.15, -0.1) is 0 Å². The lowest BCUT2D eigenvalue weighted by Crippen LogP contribution is -2.48. The van der Waals surface area contributed by atoms with E-state index in [1.807, 2.05) is 9.80 Å². The van der Waals surface area contributed by atoms with Crippen molar-refractivity contribution in [2.24, 2.45) is 17.6 Å². The van der Waals surface area contributed by atoms with E-state index in [1.54, 1.807) is 6.07 Å². The fourth-order valence-corrected chi connectivity index (χ4v) is 5.19. The molecule has 0 unspecified atom stereocenters. The van der Waals surface area contributed by atoms with Crippen LogP contribution in [0.1, 0.15) is 24.8 Å². The van der Waals surface area contributed by atoms with Crippen LogP contribution in [0, 0.1) is 11.8 Å². The Morgan fingerprint density at radius 3 is 2.63 bits per heavy atom. The van der Waals surface area contributed by atoms with E-state index >= 15 is 0 Å². The Morgan fingerprint density at radius 1 is 1.15 bits per heavy atom. The second-order valence-electron chi connectivity index (χ2n) is 7.97. The lowest BCUT2D eigenvalue weighted by atomic mass is 9.96. The molecule has 1 saturated carbocycles. The van der Waals surface area contributed by atoms with Gasteiger partial charge in [0.2, 0.25) is 5.91 Å². The van der Waals surface area contributed by atoms with Crippen LogP contribution in [0.25, 0.3) is 0 Å². The Bertz CT molecular complexity index is 725. The van der Waals surface area contributed by atoms with Gasteiger partial charge in [0.05, 0.1) is 11.6 Å². The third-order valence-corrected chi connectivity index (χ3v) is 6.40. The number of alkyl halides is 4. The number of amides is 1. The van der Waals surface area contributed by atoms with Gasteiger partial charge in [0, 0.05) is 37.8 Å². The molecule has 2 saturated heterocycles. The maximum atomic E-state index is 13.9. The van der Waals surface area contributed by atoms with Crippen molar-refractivity contribution in [1.29, 1.82) is 0 Å². The summed E-state index contributed by atoms with van der Waals surface area (Å²) in [7, 11) is 0. The lowest BCUT2D eigenvalue weighted by molar-refractivity contribution is -0.137. The molecule has 27 heavy (non-hydrogen) atoms. The largest absolute Gasteiger partial charge is 0.416 e. The smallest absolute Gasteiger partial charge is 0.371 e. The Labute approximate surface area is 155 Å². The number of likely N-dealkylation sites (tertiary alicyclic amines) is 1. The number of carbonyl (C=O) groups excluding carboxylic acids is 1. The van der Waals surface area contributed by atoms with Gasteiger partial charge in [-0.05, 0) is 42.9 Å². The number of halogens is 4. The van der Waals surface area contributed by atoms with Crippen LogP contribution >= 0.6 is 0 Å². The molecule has 0 radical (unpaired) electrons. The van der Waals surface area contributed by atoms with Crippen LogP contribution in [0.4, 0.5) is 23.2 Å². The van der Waals surface area contributed by atoms with Gasteiger partial charge in [-0.1, -0.05) is 6.07 Å². The van der Waals surface area contributed by atoms with E-state index in [2.05, 4.69) is 0 Å². The first-order valence-electron chi connectivity index (χ1n) is 9.35. The minimum atomic E-state index is -4.37. The summed E-state index contributed by atoms with van der Waals surface area (Å²) in [5, 5.41) is 0. The normalized spacial score (nSPS) is 34.2. The zero-order valence-electron chi connectivity index (χ0n) is 14.8. The first-order chi connectivity index (χ1) is 12.7. The summed E-state index contributed by atoms with van der Waals surface area (Å²) in [6, 6.07) is 4.88. The van der Waals surface area contributed by atoms with Crippen molar-refractivity contribution in [1.82, 2.24) is 4.90 Å². The number of hydrogen-bond donors (Lipinski definition) is 1. The van der Waals surface area contributed by atoms with Gasteiger partial charge >= 0.3 is 6.18 Å². The predicted molar refractivity (Wildman–Crippen MR) is 92.9 cm³/mol. The molecule has 2 heterocycles. The molecule has 0 spiro atoms. The van der Waals surface area contributed by atoms with Crippen LogP contribution in [0.2, 0.25) is 0 Å². The predicted octanol–water partition coefficient (Wildman–Crippen LogP) is 2.82. The van der Waals surface area contributed by atoms with Crippen LogP contribution in [0.5, 0.6) is 0 Å². The highest BCUT2D eigenvalue weighted by Crippen LogP contribution is 2.44. The van der Waals surface area contributed by atoms with E-state index < -0.39 is 29.9 Å². The zero-order chi connectivity index (χ0) is 19.3. The molecule has 4 rings (SSSR count). The lowest BCUT2D eigenvalue weighted by Gasteiger charge is -2.33. The number of primary amides is 1. The molecule has 1 aromatic rings. The molecule has 4 nitrogen and oxygen atoms in total. The molecule has 1 aromatic carbocycles. The summed E-state index contributed by atoms with van der Waals surface area (Å²) in [6.45, 7) is 1.53. The second kappa shape index (κ2) is 6.65. The molecule has 0 bridgehead atoms. The minimum Gasteiger partial charge on any atom is -0.371 e. The molecule has 3 fully saturated rings. The Kier molecular flexibility index (Phi) is 4.56. The molecule has 2 aliphatic heterocycles. The van der Waals surface area contributed by atoms with Gasteiger partial charge in [0.1, 0.15) is 6.17 Å². The number of nitrogens with two attached hydrogens (primary N) is 1. The quantitative estimate of drug-likeness (QED) is 0.814. The Morgan fingerprint density at radius 2 is 1.93 bits per heavy atom. The maximum absolute atomic E-state index is 13.9. The minimum absolute atomic E-state index is 0.0593. The van der Waals surface area contributed by atoms with E-state index in [-0.39, 0.29) is 24.9 Å². The number of benzene rings is 1. The van der Waals surface area contributed by atoms with Crippen LogP contribution in [0.3, 0.4) is 0 Å². The highest BCUT2D eigenvalue weighted by atomic mass is 19.4. The van der Waals surface area contributed by atoms with Gasteiger partial charge in [0.25, 0.3) is 0 Å². The Hall–Kier alpha value is -1.83. The van der Waals surface area contributed by atoms with E-state index in [9.17, 15) is 22.4 Å². The molecular formula is C19H23F4N3O. The highest BCUT2D eigenvalue weighted by molar-refractivity contribution is 5.80. The molecule has 1 aliphatic carbocycles. The topological polar surface area (TPSA) is 49.6 Å². The van der Waals surface area contributed by atoms with Gasteiger partial charge in [-0.25, -0.2) is 4.39 Å². The van der Waals surface area contributed by atoms with Crippen LogP contribution in [-0.4, -0.2) is 48.7 Å². The fourth-order valence-electron chi connectivity index (χ4n) is 5.19. The number of anilines is 1. The van der Waals surface area contributed by atoms with Crippen molar-refractivity contribution in [2.45, 2.75) is 43.7 Å². The zero-order valence-corrected chi connectivity index (χ0v) is 14.8. The highest BCUT2D eigenvalue weighted by Gasteiger charge is 2.49. The monoisotopic (exact) mass is 385 g/mol. The molecule has 148 valence electrons. The standard InChI is InChI=1S/C19H23F4N3O/c20-13-7-17(18(24)27)26(9-13)16-5-4-11-8-25(10-15(11)16)14-3-1-2-12(6-14)19(21,22)23/h1-3,6,11,13,15-17H,4-5,7-10H2,(H2,24,27)/t11-,13+,15+,16+,17+/m1/s1. The first kappa shape index (κ1) is 18.5. The summed E-state index contributed by atoms with van der Waals surface area (Å²) in [6.07, 6.45) is -3.47. The van der Waals surface area contributed by atoms with Crippen molar-refractivity contribution in [3.63, 3.8) is 0 Å².